The quantitative estimate of drug-likeness (QED) is 0.682. The van der Waals surface area contributed by atoms with Crippen molar-refractivity contribution in [2.45, 2.75) is 58.4 Å². The van der Waals surface area contributed by atoms with Gasteiger partial charge >= 0.3 is 5.97 Å². The number of hydrogen-bond donors (Lipinski definition) is 3. The predicted octanol–water partition coefficient (Wildman–Crippen LogP) is 1.51. The van der Waals surface area contributed by atoms with Crippen LogP contribution in [0.25, 0.3) is 0 Å². The third-order valence-electron chi connectivity index (χ3n) is 4.64. The van der Waals surface area contributed by atoms with Gasteiger partial charge in [0.25, 0.3) is 0 Å². The van der Waals surface area contributed by atoms with Crippen LogP contribution in [0.2, 0.25) is 0 Å². The average molecular weight is 270 g/mol. The van der Waals surface area contributed by atoms with Crippen LogP contribution in [0.5, 0.6) is 0 Å². The fraction of sp³-hybridized carbons (Fsp3) is 0.857. The molecule has 1 aliphatic carbocycles. The molecule has 4 N–H and O–H groups in total. The van der Waals surface area contributed by atoms with Crippen molar-refractivity contribution >= 4 is 11.9 Å². The van der Waals surface area contributed by atoms with Gasteiger partial charge in [-0.15, -0.1) is 0 Å². The van der Waals surface area contributed by atoms with Crippen molar-refractivity contribution in [1.82, 2.24) is 5.32 Å². The molecule has 19 heavy (non-hydrogen) atoms. The zero-order valence-electron chi connectivity index (χ0n) is 11.9. The first-order chi connectivity index (χ1) is 8.99. The second-order valence-corrected chi connectivity index (χ2v) is 5.55. The van der Waals surface area contributed by atoms with Crippen molar-refractivity contribution in [1.29, 1.82) is 0 Å². The number of aliphatic carboxylic acids is 1. The van der Waals surface area contributed by atoms with Crippen LogP contribution < -0.4 is 11.1 Å². The van der Waals surface area contributed by atoms with Crippen molar-refractivity contribution in [3.05, 3.63) is 0 Å². The van der Waals surface area contributed by atoms with E-state index in [1.54, 1.807) is 0 Å². The summed E-state index contributed by atoms with van der Waals surface area (Å²) in [6, 6.07) is 0.104. The van der Waals surface area contributed by atoms with Crippen LogP contribution in [-0.2, 0) is 9.59 Å². The lowest BCUT2D eigenvalue weighted by Crippen LogP contribution is -2.49. The van der Waals surface area contributed by atoms with Crippen LogP contribution in [0.1, 0.15) is 52.4 Å². The van der Waals surface area contributed by atoms with Crippen LogP contribution in [0.3, 0.4) is 0 Å². The minimum Gasteiger partial charge on any atom is -0.481 e. The molecule has 0 saturated heterocycles. The maximum absolute atomic E-state index is 12.3. The summed E-state index contributed by atoms with van der Waals surface area (Å²) in [5.41, 5.74) is 5.29. The third-order valence-corrected chi connectivity index (χ3v) is 4.64. The molecule has 0 aromatic carbocycles. The lowest BCUT2D eigenvalue weighted by Gasteiger charge is -2.33. The van der Waals surface area contributed by atoms with E-state index in [1.165, 1.54) is 0 Å². The number of nitrogens with two attached hydrogens (primary N) is 1. The Morgan fingerprint density at radius 3 is 2.11 bits per heavy atom. The minimum atomic E-state index is -0.719. The second-order valence-electron chi connectivity index (χ2n) is 5.55. The van der Waals surface area contributed by atoms with Gasteiger partial charge in [-0.25, -0.2) is 0 Å². The second kappa shape index (κ2) is 6.89. The van der Waals surface area contributed by atoms with Crippen molar-refractivity contribution < 1.29 is 14.7 Å². The Morgan fingerprint density at radius 1 is 1.21 bits per heavy atom. The van der Waals surface area contributed by atoms with Crippen molar-refractivity contribution in [3.8, 4) is 0 Å². The van der Waals surface area contributed by atoms with E-state index in [2.05, 4.69) is 5.32 Å². The highest BCUT2D eigenvalue weighted by atomic mass is 16.4. The molecule has 0 bridgehead atoms. The van der Waals surface area contributed by atoms with Crippen molar-refractivity contribution in [3.63, 3.8) is 0 Å². The van der Waals surface area contributed by atoms with Gasteiger partial charge in [0.1, 0.15) is 0 Å². The number of carboxylic acid groups (broad SMARTS) is 1. The van der Waals surface area contributed by atoms with E-state index in [0.29, 0.717) is 19.4 Å². The van der Waals surface area contributed by atoms with E-state index in [-0.39, 0.29) is 17.9 Å². The van der Waals surface area contributed by atoms with E-state index in [9.17, 15) is 9.59 Å². The molecule has 0 unspecified atom stereocenters. The van der Waals surface area contributed by atoms with Crippen LogP contribution in [0.15, 0.2) is 0 Å². The van der Waals surface area contributed by atoms with Gasteiger partial charge in [-0.05, 0) is 38.5 Å². The predicted molar refractivity (Wildman–Crippen MR) is 73.6 cm³/mol. The summed E-state index contributed by atoms with van der Waals surface area (Å²) in [4.78, 5) is 23.2. The highest BCUT2D eigenvalue weighted by Gasteiger charge is 2.35. The van der Waals surface area contributed by atoms with Crippen LogP contribution in [0, 0.1) is 11.3 Å². The van der Waals surface area contributed by atoms with Gasteiger partial charge in [-0.3, -0.25) is 9.59 Å². The molecular formula is C14H26N2O3. The number of hydrogen-bond acceptors (Lipinski definition) is 3. The molecule has 0 atom stereocenters. The van der Waals surface area contributed by atoms with Gasteiger partial charge in [-0.2, -0.15) is 0 Å². The maximum atomic E-state index is 12.3. The molecule has 0 radical (unpaired) electrons. The molecular weight excluding hydrogens is 244 g/mol. The Hall–Kier alpha value is -1.10. The summed E-state index contributed by atoms with van der Waals surface area (Å²) >= 11 is 0. The molecule has 1 saturated carbocycles. The fourth-order valence-corrected chi connectivity index (χ4v) is 2.78. The Balaban J connectivity index is 2.52. The first kappa shape index (κ1) is 16.0. The molecule has 1 aliphatic rings. The number of nitrogens with one attached hydrogen (secondary N) is 1. The lowest BCUT2D eigenvalue weighted by molar-refractivity contribution is -0.142. The normalized spacial score (nSPS) is 23.9. The van der Waals surface area contributed by atoms with E-state index in [0.717, 1.165) is 25.7 Å². The van der Waals surface area contributed by atoms with Gasteiger partial charge in [0.15, 0.2) is 0 Å². The highest BCUT2D eigenvalue weighted by Crippen LogP contribution is 2.28. The largest absolute Gasteiger partial charge is 0.481 e. The number of rotatable bonds is 6. The van der Waals surface area contributed by atoms with Gasteiger partial charge < -0.3 is 16.2 Å². The lowest BCUT2D eigenvalue weighted by atomic mass is 9.80. The molecule has 110 valence electrons. The first-order valence-electron chi connectivity index (χ1n) is 7.23. The molecule has 0 aromatic rings. The number of carbonyl (C=O) groups excluding carboxylic acids is 1. The number of amides is 1. The highest BCUT2D eigenvalue weighted by molar-refractivity contribution is 5.83. The summed E-state index contributed by atoms with van der Waals surface area (Å²) in [5.74, 6) is -0.938. The van der Waals surface area contributed by atoms with Gasteiger partial charge in [-0.1, -0.05) is 13.8 Å². The van der Waals surface area contributed by atoms with Crippen LogP contribution in [0.4, 0.5) is 0 Å². The van der Waals surface area contributed by atoms with Crippen LogP contribution in [-0.4, -0.2) is 29.6 Å². The topological polar surface area (TPSA) is 92.4 Å². The Bertz CT molecular complexity index is 310. The van der Waals surface area contributed by atoms with Gasteiger partial charge in [0, 0.05) is 12.6 Å². The average Bonchev–Trinajstić information content (AvgIpc) is 2.42. The summed E-state index contributed by atoms with van der Waals surface area (Å²) in [6.45, 7) is 4.32. The number of carboxylic acids is 1. The summed E-state index contributed by atoms with van der Waals surface area (Å²) in [7, 11) is 0. The zero-order chi connectivity index (χ0) is 14.5. The molecule has 1 amide bonds. The van der Waals surface area contributed by atoms with Crippen LogP contribution >= 0.6 is 0 Å². The Kier molecular flexibility index (Phi) is 5.79. The Labute approximate surface area is 114 Å². The van der Waals surface area contributed by atoms with Gasteiger partial charge in [0.2, 0.25) is 5.91 Å². The summed E-state index contributed by atoms with van der Waals surface area (Å²) in [5, 5.41) is 12.0. The first-order valence-corrected chi connectivity index (χ1v) is 7.23. The molecule has 1 fully saturated rings. The standard InChI is InChI=1S/C14H26N2O3/c1-3-14(4-2,9-15)13(19)16-11-7-5-10(6-8-11)12(17)18/h10-11H,3-9,15H2,1-2H3,(H,16,19)(H,17,18). The number of carbonyl (C=O) groups is 2. The van der Waals surface area contributed by atoms with E-state index in [1.807, 2.05) is 13.8 Å². The molecule has 5 nitrogen and oxygen atoms in total. The van der Waals surface area contributed by atoms with E-state index >= 15 is 0 Å². The van der Waals surface area contributed by atoms with E-state index < -0.39 is 11.4 Å². The fourth-order valence-electron chi connectivity index (χ4n) is 2.78. The molecule has 0 aromatic heterocycles. The monoisotopic (exact) mass is 270 g/mol. The molecule has 0 spiro atoms. The Morgan fingerprint density at radius 2 is 1.74 bits per heavy atom. The SMILES string of the molecule is CCC(CC)(CN)C(=O)NC1CCC(C(=O)O)CC1. The smallest absolute Gasteiger partial charge is 0.306 e. The molecule has 1 rings (SSSR count). The minimum absolute atomic E-state index is 0.0266. The summed E-state index contributed by atoms with van der Waals surface area (Å²) in [6.07, 6.45) is 4.25. The maximum Gasteiger partial charge on any atom is 0.306 e. The summed E-state index contributed by atoms with van der Waals surface area (Å²) < 4.78 is 0. The van der Waals surface area contributed by atoms with Gasteiger partial charge in [0.05, 0.1) is 11.3 Å². The zero-order valence-corrected chi connectivity index (χ0v) is 11.9. The molecule has 0 heterocycles. The third kappa shape index (κ3) is 3.69. The van der Waals surface area contributed by atoms with Crippen molar-refractivity contribution in [2.24, 2.45) is 17.1 Å². The van der Waals surface area contributed by atoms with E-state index in [4.69, 9.17) is 10.8 Å². The van der Waals surface area contributed by atoms with Crippen molar-refractivity contribution in [2.75, 3.05) is 6.54 Å². The molecule has 0 aliphatic heterocycles. The molecule has 5 heteroatoms.